The van der Waals surface area contributed by atoms with Crippen LogP contribution in [0.3, 0.4) is 0 Å². The van der Waals surface area contributed by atoms with Gasteiger partial charge in [0.1, 0.15) is 6.23 Å². The fourth-order valence-electron chi connectivity index (χ4n) is 2.89. The second kappa shape index (κ2) is 6.23. The van der Waals surface area contributed by atoms with E-state index in [1.807, 2.05) is 0 Å². The molecule has 0 aromatic heterocycles. The Morgan fingerprint density at radius 3 is 2.86 bits per heavy atom. The molecule has 0 aromatic rings. The normalized spacial score (nSPS) is 34.7. The predicted molar refractivity (Wildman–Crippen MR) is 80.9 cm³/mol. The van der Waals surface area contributed by atoms with Gasteiger partial charge in [-0.2, -0.15) is 0 Å². The zero-order valence-electron chi connectivity index (χ0n) is 13.0. The lowest BCUT2D eigenvalue weighted by Crippen LogP contribution is -2.63. The van der Waals surface area contributed by atoms with Gasteiger partial charge in [0, 0.05) is 32.1 Å². The van der Waals surface area contributed by atoms with Gasteiger partial charge in [-0.3, -0.25) is 15.4 Å². The number of nitrogens with one attached hydrogen (secondary N) is 3. The molecule has 0 spiro atoms. The van der Waals surface area contributed by atoms with Gasteiger partial charge in [0.25, 0.3) is 5.91 Å². The van der Waals surface area contributed by atoms with Gasteiger partial charge < -0.3 is 15.0 Å². The number of amides is 1. The highest BCUT2D eigenvalue weighted by molar-refractivity contribution is 5.87. The van der Waals surface area contributed by atoms with Crippen LogP contribution in [0.15, 0.2) is 12.7 Å². The molecule has 3 unspecified atom stereocenters. The first-order chi connectivity index (χ1) is 10.5. The summed E-state index contributed by atoms with van der Waals surface area (Å²) in [6.07, 6.45) is 2.50. The minimum Gasteiger partial charge on any atom is -0.357 e. The van der Waals surface area contributed by atoms with Crippen molar-refractivity contribution < 1.29 is 13.9 Å². The van der Waals surface area contributed by atoms with Crippen LogP contribution < -0.4 is 16.0 Å². The van der Waals surface area contributed by atoms with Gasteiger partial charge in [0.15, 0.2) is 5.67 Å². The molecule has 124 valence electrons. The molecule has 1 amide bonds. The summed E-state index contributed by atoms with van der Waals surface area (Å²) >= 11 is 0. The number of halogens is 1. The second-order valence-corrected chi connectivity index (χ2v) is 6.62. The molecule has 3 rings (SSSR count). The monoisotopic (exact) mass is 312 g/mol. The van der Waals surface area contributed by atoms with E-state index in [9.17, 15) is 9.18 Å². The van der Waals surface area contributed by atoms with Crippen LogP contribution in [-0.4, -0.2) is 68.2 Å². The SMILES string of the molecule is C=CC1NCC(CNC(=O)C2(F)CC2)C(OC2CN(C)C2)N1. The zero-order valence-corrected chi connectivity index (χ0v) is 13.0. The molecule has 0 aromatic carbocycles. The van der Waals surface area contributed by atoms with Crippen molar-refractivity contribution in [1.29, 1.82) is 0 Å². The van der Waals surface area contributed by atoms with E-state index in [4.69, 9.17) is 4.74 Å². The fraction of sp³-hybridized carbons (Fsp3) is 0.800. The number of carbonyl (C=O) groups is 1. The molecule has 2 heterocycles. The lowest BCUT2D eigenvalue weighted by atomic mass is 10.0. The third-order valence-corrected chi connectivity index (χ3v) is 4.60. The van der Waals surface area contributed by atoms with Crippen LogP contribution in [-0.2, 0) is 9.53 Å². The summed E-state index contributed by atoms with van der Waals surface area (Å²) in [5.41, 5.74) is -1.62. The molecule has 3 fully saturated rings. The predicted octanol–water partition coefficient (Wildman–Crippen LogP) is -0.417. The minimum absolute atomic E-state index is 0.00860. The Hall–Kier alpha value is -1.02. The third kappa shape index (κ3) is 3.48. The van der Waals surface area contributed by atoms with Gasteiger partial charge in [0.2, 0.25) is 0 Å². The number of likely N-dealkylation sites (tertiary alicyclic amines) is 1. The molecular weight excluding hydrogens is 287 g/mol. The maximum atomic E-state index is 13.7. The quantitative estimate of drug-likeness (QED) is 0.582. The van der Waals surface area contributed by atoms with Crippen LogP contribution in [0, 0.1) is 5.92 Å². The Balaban J connectivity index is 1.52. The Labute approximate surface area is 130 Å². The average Bonchev–Trinajstić information content (AvgIpc) is 3.23. The molecule has 3 N–H and O–H groups in total. The standard InChI is InChI=1S/C15H25FN4O2/c1-3-12-17-6-10(7-18-14(21)15(16)4-5-15)13(19-12)22-11-8-20(2)9-11/h3,10-13,17,19H,1,4-9H2,2H3,(H,18,21). The number of carbonyl (C=O) groups excluding carboxylic acids is 1. The van der Waals surface area contributed by atoms with E-state index in [2.05, 4.69) is 34.5 Å². The Kier molecular flexibility index (Phi) is 4.49. The molecule has 2 saturated heterocycles. The molecule has 1 aliphatic carbocycles. The third-order valence-electron chi connectivity index (χ3n) is 4.60. The van der Waals surface area contributed by atoms with Crippen LogP contribution in [0.2, 0.25) is 0 Å². The highest BCUT2D eigenvalue weighted by Crippen LogP contribution is 2.39. The zero-order chi connectivity index (χ0) is 15.7. The lowest BCUT2D eigenvalue weighted by molar-refractivity contribution is -0.132. The summed E-state index contributed by atoms with van der Waals surface area (Å²) in [4.78, 5) is 13.9. The van der Waals surface area contributed by atoms with E-state index < -0.39 is 11.6 Å². The summed E-state index contributed by atoms with van der Waals surface area (Å²) in [7, 11) is 2.05. The van der Waals surface area contributed by atoms with Crippen molar-refractivity contribution in [2.24, 2.45) is 5.92 Å². The summed E-state index contributed by atoms with van der Waals surface area (Å²) in [5, 5.41) is 9.34. The smallest absolute Gasteiger partial charge is 0.257 e. The largest absolute Gasteiger partial charge is 0.357 e. The van der Waals surface area contributed by atoms with E-state index in [-0.39, 0.29) is 24.4 Å². The molecule has 7 heteroatoms. The van der Waals surface area contributed by atoms with Crippen LogP contribution in [0.25, 0.3) is 0 Å². The van der Waals surface area contributed by atoms with Crippen LogP contribution in [0.4, 0.5) is 4.39 Å². The molecule has 2 aliphatic heterocycles. The number of hydrogen-bond donors (Lipinski definition) is 3. The van der Waals surface area contributed by atoms with Crippen molar-refractivity contribution in [3.05, 3.63) is 12.7 Å². The van der Waals surface area contributed by atoms with Crippen molar-refractivity contribution in [2.45, 2.75) is 37.0 Å². The van der Waals surface area contributed by atoms with Crippen molar-refractivity contribution in [2.75, 3.05) is 33.2 Å². The highest BCUT2D eigenvalue weighted by Gasteiger charge is 2.51. The summed E-state index contributed by atoms with van der Waals surface area (Å²) < 4.78 is 19.8. The molecule has 0 bridgehead atoms. The molecule has 1 saturated carbocycles. The topological polar surface area (TPSA) is 65.6 Å². The van der Waals surface area contributed by atoms with E-state index in [0.29, 0.717) is 25.9 Å². The van der Waals surface area contributed by atoms with Crippen LogP contribution >= 0.6 is 0 Å². The lowest BCUT2D eigenvalue weighted by Gasteiger charge is -2.43. The summed E-state index contributed by atoms with van der Waals surface area (Å²) in [5.74, 6) is -0.422. The van der Waals surface area contributed by atoms with Gasteiger partial charge in [-0.1, -0.05) is 6.08 Å². The van der Waals surface area contributed by atoms with Gasteiger partial charge in [-0.15, -0.1) is 6.58 Å². The first-order valence-electron chi connectivity index (χ1n) is 7.93. The Morgan fingerprint density at radius 2 is 2.27 bits per heavy atom. The van der Waals surface area contributed by atoms with Crippen molar-refractivity contribution in [1.82, 2.24) is 20.9 Å². The number of nitrogens with zero attached hydrogens (tertiary/aromatic N) is 1. The van der Waals surface area contributed by atoms with Gasteiger partial charge in [-0.25, -0.2) is 4.39 Å². The van der Waals surface area contributed by atoms with Crippen molar-refractivity contribution >= 4 is 5.91 Å². The maximum Gasteiger partial charge on any atom is 0.257 e. The van der Waals surface area contributed by atoms with E-state index >= 15 is 0 Å². The molecule has 0 radical (unpaired) electrons. The fourth-order valence-corrected chi connectivity index (χ4v) is 2.89. The molecule has 3 aliphatic rings. The van der Waals surface area contributed by atoms with Crippen LogP contribution in [0.1, 0.15) is 12.8 Å². The first kappa shape index (κ1) is 15.9. The summed E-state index contributed by atoms with van der Waals surface area (Å²) in [6, 6.07) is 0. The van der Waals surface area contributed by atoms with Gasteiger partial charge >= 0.3 is 0 Å². The number of likely N-dealkylation sites (N-methyl/N-ethyl adjacent to an activating group) is 1. The molecule has 6 nitrogen and oxygen atoms in total. The Bertz CT molecular complexity index is 437. The van der Waals surface area contributed by atoms with Crippen molar-refractivity contribution in [3.8, 4) is 0 Å². The maximum absolute atomic E-state index is 13.7. The summed E-state index contributed by atoms with van der Waals surface area (Å²) in [6.45, 7) is 6.70. The average molecular weight is 312 g/mol. The van der Waals surface area contributed by atoms with E-state index in [1.54, 1.807) is 6.08 Å². The Morgan fingerprint density at radius 1 is 1.55 bits per heavy atom. The number of hydrogen-bond acceptors (Lipinski definition) is 5. The minimum atomic E-state index is -1.62. The molecule has 22 heavy (non-hydrogen) atoms. The number of rotatable bonds is 6. The van der Waals surface area contributed by atoms with E-state index in [0.717, 1.165) is 13.1 Å². The van der Waals surface area contributed by atoms with Crippen molar-refractivity contribution in [3.63, 3.8) is 0 Å². The number of alkyl halides is 1. The van der Waals surface area contributed by atoms with Gasteiger partial charge in [-0.05, 0) is 19.9 Å². The highest BCUT2D eigenvalue weighted by atomic mass is 19.1. The molecular formula is C15H25FN4O2. The second-order valence-electron chi connectivity index (χ2n) is 6.62. The van der Waals surface area contributed by atoms with Gasteiger partial charge in [0.05, 0.1) is 12.3 Å². The van der Waals surface area contributed by atoms with Crippen LogP contribution in [0.5, 0.6) is 0 Å². The number of ether oxygens (including phenoxy) is 1. The van der Waals surface area contributed by atoms with E-state index in [1.165, 1.54) is 0 Å². The first-order valence-corrected chi connectivity index (χ1v) is 7.93. The molecule has 3 atom stereocenters.